The van der Waals surface area contributed by atoms with Crippen LogP contribution in [-0.4, -0.2) is 9.78 Å². The van der Waals surface area contributed by atoms with Crippen LogP contribution in [0, 0.1) is 11.3 Å². The van der Waals surface area contributed by atoms with E-state index in [4.69, 9.17) is 28.5 Å². The van der Waals surface area contributed by atoms with Crippen molar-refractivity contribution in [1.82, 2.24) is 9.78 Å². The number of aromatic nitrogens is 2. The molecule has 0 aliphatic heterocycles. The summed E-state index contributed by atoms with van der Waals surface area (Å²) in [5, 5.41) is 17.7. The number of rotatable bonds is 5. The Morgan fingerprint density at radius 2 is 1.88 bits per heavy atom. The van der Waals surface area contributed by atoms with E-state index in [-0.39, 0.29) is 0 Å². The molecule has 0 bridgehead atoms. The summed E-state index contributed by atoms with van der Waals surface area (Å²) in [6.07, 6.45) is 1.74. The monoisotopic (exact) mass is 356 g/mol. The Hall–Kier alpha value is -2.48. The van der Waals surface area contributed by atoms with Crippen LogP contribution in [0.25, 0.3) is 0 Å². The Morgan fingerprint density at radius 3 is 2.58 bits per heavy atom. The largest absolute Gasteiger partial charge is 0.366 e. The molecule has 1 N–H and O–H groups in total. The third kappa shape index (κ3) is 3.88. The van der Waals surface area contributed by atoms with Gasteiger partial charge in [-0.05, 0) is 35.4 Å². The number of hydrogen-bond acceptors (Lipinski definition) is 3. The van der Waals surface area contributed by atoms with Gasteiger partial charge in [0, 0.05) is 22.7 Å². The lowest BCUT2D eigenvalue weighted by atomic mass is 10.1. The SMILES string of the molecule is N#Cc1ccc(CNc2ccnn2Cc2ccc(Cl)cc2Cl)cc1. The van der Waals surface area contributed by atoms with Crippen molar-refractivity contribution in [2.75, 3.05) is 5.32 Å². The minimum Gasteiger partial charge on any atom is -0.366 e. The molecule has 0 fully saturated rings. The summed E-state index contributed by atoms with van der Waals surface area (Å²) in [6.45, 7) is 1.20. The molecular formula is C18H14Cl2N4. The van der Waals surface area contributed by atoms with Gasteiger partial charge >= 0.3 is 0 Å². The molecule has 0 saturated carbocycles. The molecule has 24 heavy (non-hydrogen) atoms. The van der Waals surface area contributed by atoms with E-state index in [1.165, 1.54) is 0 Å². The third-order valence-corrected chi connectivity index (χ3v) is 4.20. The maximum Gasteiger partial charge on any atom is 0.124 e. The van der Waals surface area contributed by atoms with E-state index in [0.717, 1.165) is 16.9 Å². The van der Waals surface area contributed by atoms with Gasteiger partial charge in [-0.15, -0.1) is 0 Å². The number of halogens is 2. The van der Waals surface area contributed by atoms with E-state index >= 15 is 0 Å². The smallest absolute Gasteiger partial charge is 0.124 e. The van der Waals surface area contributed by atoms with Crippen molar-refractivity contribution in [3.63, 3.8) is 0 Å². The van der Waals surface area contributed by atoms with Crippen LogP contribution in [0.2, 0.25) is 10.0 Å². The van der Waals surface area contributed by atoms with Gasteiger partial charge in [-0.3, -0.25) is 0 Å². The van der Waals surface area contributed by atoms with Crippen LogP contribution in [0.4, 0.5) is 5.82 Å². The van der Waals surface area contributed by atoms with Gasteiger partial charge in [0.2, 0.25) is 0 Å². The van der Waals surface area contributed by atoms with Crippen LogP contribution in [-0.2, 0) is 13.1 Å². The third-order valence-electron chi connectivity index (χ3n) is 3.61. The summed E-state index contributed by atoms with van der Waals surface area (Å²) in [4.78, 5) is 0. The summed E-state index contributed by atoms with van der Waals surface area (Å²) >= 11 is 12.2. The Bertz CT molecular complexity index is 879. The van der Waals surface area contributed by atoms with Gasteiger partial charge in [-0.2, -0.15) is 10.4 Å². The molecule has 6 heteroatoms. The fourth-order valence-electron chi connectivity index (χ4n) is 2.31. The molecule has 1 aromatic heterocycles. The first kappa shape index (κ1) is 16.4. The molecular weight excluding hydrogens is 343 g/mol. The van der Waals surface area contributed by atoms with Crippen molar-refractivity contribution in [2.45, 2.75) is 13.1 Å². The maximum atomic E-state index is 8.83. The summed E-state index contributed by atoms with van der Waals surface area (Å²) in [7, 11) is 0. The summed E-state index contributed by atoms with van der Waals surface area (Å²) < 4.78 is 1.85. The molecule has 0 spiro atoms. The van der Waals surface area contributed by atoms with Gasteiger partial charge in [-0.25, -0.2) is 4.68 Å². The fraction of sp³-hybridized carbons (Fsp3) is 0.111. The van der Waals surface area contributed by atoms with Crippen LogP contribution in [0.1, 0.15) is 16.7 Å². The molecule has 0 unspecified atom stereocenters. The molecule has 4 nitrogen and oxygen atoms in total. The summed E-state index contributed by atoms with van der Waals surface area (Å²) in [5.74, 6) is 0.894. The average Bonchev–Trinajstić information content (AvgIpc) is 3.03. The highest BCUT2D eigenvalue weighted by Gasteiger charge is 2.07. The number of nitriles is 1. The topological polar surface area (TPSA) is 53.6 Å². The highest BCUT2D eigenvalue weighted by Crippen LogP contribution is 2.22. The quantitative estimate of drug-likeness (QED) is 0.719. The van der Waals surface area contributed by atoms with Gasteiger partial charge in [-0.1, -0.05) is 41.4 Å². The van der Waals surface area contributed by atoms with Crippen molar-refractivity contribution in [3.8, 4) is 6.07 Å². The molecule has 2 aromatic carbocycles. The zero-order valence-corrected chi connectivity index (χ0v) is 14.2. The number of benzene rings is 2. The van der Waals surface area contributed by atoms with Crippen molar-refractivity contribution < 1.29 is 0 Å². The maximum absolute atomic E-state index is 8.83. The van der Waals surface area contributed by atoms with Crippen LogP contribution in [0.15, 0.2) is 54.7 Å². The number of anilines is 1. The number of nitrogens with one attached hydrogen (secondary N) is 1. The molecule has 0 saturated heterocycles. The predicted octanol–water partition coefficient (Wildman–Crippen LogP) is 4.72. The Balaban J connectivity index is 1.69. The summed E-state index contributed by atoms with van der Waals surface area (Å²) in [6, 6.07) is 16.9. The van der Waals surface area contributed by atoms with Crippen molar-refractivity contribution in [3.05, 3.63) is 81.5 Å². The highest BCUT2D eigenvalue weighted by atomic mass is 35.5. The van der Waals surface area contributed by atoms with Crippen LogP contribution in [0.5, 0.6) is 0 Å². The second kappa shape index (κ2) is 7.39. The number of hydrogen-bond donors (Lipinski definition) is 1. The van der Waals surface area contributed by atoms with Gasteiger partial charge in [0.25, 0.3) is 0 Å². The number of nitrogens with zero attached hydrogens (tertiary/aromatic N) is 3. The molecule has 0 aliphatic rings. The van der Waals surface area contributed by atoms with Crippen LogP contribution in [0.3, 0.4) is 0 Å². The lowest BCUT2D eigenvalue weighted by Crippen LogP contribution is -2.09. The first-order valence-corrected chi connectivity index (χ1v) is 8.10. The van der Waals surface area contributed by atoms with Crippen LogP contribution < -0.4 is 5.32 Å². The summed E-state index contributed by atoms with van der Waals surface area (Å²) in [5.41, 5.74) is 2.69. The Kier molecular flexibility index (Phi) is 5.05. The fourth-order valence-corrected chi connectivity index (χ4v) is 2.78. The van der Waals surface area contributed by atoms with Crippen molar-refractivity contribution in [1.29, 1.82) is 5.26 Å². The van der Waals surface area contributed by atoms with E-state index in [9.17, 15) is 0 Å². The van der Waals surface area contributed by atoms with Crippen molar-refractivity contribution in [2.24, 2.45) is 0 Å². The first-order valence-electron chi connectivity index (χ1n) is 7.34. The molecule has 1 heterocycles. The van der Waals surface area contributed by atoms with E-state index < -0.39 is 0 Å². The molecule has 0 amide bonds. The molecule has 0 aliphatic carbocycles. The van der Waals surface area contributed by atoms with Gasteiger partial charge in [0.15, 0.2) is 0 Å². The van der Waals surface area contributed by atoms with Crippen LogP contribution >= 0.6 is 23.2 Å². The lowest BCUT2D eigenvalue weighted by molar-refractivity contribution is 0.690. The first-order chi connectivity index (χ1) is 11.7. The van der Waals surface area contributed by atoms with Gasteiger partial charge in [0.1, 0.15) is 5.82 Å². The molecule has 3 aromatic rings. The van der Waals surface area contributed by atoms with Gasteiger partial charge in [0.05, 0.1) is 24.4 Å². The molecule has 3 rings (SSSR count). The van der Waals surface area contributed by atoms with E-state index in [1.807, 2.05) is 47.1 Å². The Labute approximate surface area is 150 Å². The van der Waals surface area contributed by atoms with E-state index in [1.54, 1.807) is 12.3 Å². The standard InChI is InChI=1S/C18H14Cl2N4/c19-16-6-5-15(17(20)9-16)12-24-18(7-8-23-24)22-11-14-3-1-13(10-21)2-4-14/h1-9,22H,11-12H2. The van der Waals surface area contributed by atoms with Crippen molar-refractivity contribution >= 4 is 29.0 Å². The highest BCUT2D eigenvalue weighted by molar-refractivity contribution is 6.35. The predicted molar refractivity (Wildman–Crippen MR) is 96.3 cm³/mol. The molecule has 120 valence electrons. The van der Waals surface area contributed by atoms with Gasteiger partial charge < -0.3 is 5.32 Å². The molecule has 0 radical (unpaired) electrons. The van der Waals surface area contributed by atoms with E-state index in [0.29, 0.717) is 28.7 Å². The average molecular weight is 357 g/mol. The van der Waals surface area contributed by atoms with E-state index in [2.05, 4.69) is 16.5 Å². The Morgan fingerprint density at radius 1 is 1.08 bits per heavy atom. The second-order valence-electron chi connectivity index (χ2n) is 5.27. The minimum absolute atomic E-state index is 0.554. The zero-order valence-electron chi connectivity index (χ0n) is 12.7. The lowest BCUT2D eigenvalue weighted by Gasteiger charge is -2.11. The zero-order chi connectivity index (χ0) is 16.9. The normalized spacial score (nSPS) is 10.4. The molecule has 0 atom stereocenters. The minimum atomic E-state index is 0.554. The second-order valence-corrected chi connectivity index (χ2v) is 6.12.